The van der Waals surface area contributed by atoms with Crippen molar-refractivity contribution in [3.63, 3.8) is 0 Å². The molecular formula is C6H12BN. The number of likely N-dealkylation sites (tertiary alicyclic amines) is 1. The quantitative estimate of drug-likeness (QED) is 0.408. The second kappa shape index (κ2) is 2.10. The molecule has 2 heteroatoms. The van der Waals surface area contributed by atoms with Crippen molar-refractivity contribution in [3.05, 3.63) is 0 Å². The van der Waals surface area contributed by atoms with Gasteiger partial charge in [-0.05, 0) is 31.9 Å². The van der Waals surface area contributed by atoms with E-state index in [0.717, 1.165) is 12.3 Å². The van der Waals surface area contributed by atoms with Crippen molar-refractivity contribution in [2.45, 2.75) is 19.3 Å². The molecule has 1 aliphatic rings. The molecule has 0 amide bonds. The number of hydrogen-bond acceptors (Lipinski definition) is 1. The summed E-state index contributed by atoms with van der Waals surface area (Å²) in [5.74, 6) is 1.12. The highest BCUT2D eigenvalue weighted by atomic mass is 15.1. The van der Waals surface area contributed by atoms with Gasteiger partial charge in [-0.1, -0.05) is 6.92 Å². The molecule has 0 bridgehead atoms. The third-order valence-corrected chi connectivity index (χ3v) is 1.81. The van der Waals surface area contributed by atoms with Gasteiger partial charge in [0.2, 0.25) is 0 Å². The zero-order chi connectivity index (χ0) is 6.15. The Kier molecular flexibility index (Phi) is 1.61. The van der Waals surface area contributed by atoms with Gasteiger partial charge in [-0.25, -0.2) is 0 Å². The normalized spacial score (nSPS) is 40.8. The zero-order valence-corrected chi connectivity index (χ0v) is 5.59. The van der Waals surface area contributed by atoms with Gasteiger partial charge in [0, 0.05) is 0 Å². The first-order chi connectivity index (χ1) is 3.70. The lowest BCUT2D eigenvalue weighted by Gasteiger charge is -2.12. The van der Waals surface area contributed by atoms with E-state index < -0.39 is 0 Å². The van der Waals surface area contributed by atoms with Gasteiger partial charge >= 0.3 is 0 Å². The lowest BCUT2D eigenvalue weighted by molar-refractivity contribution is 0.375. The van der Waals surface area contributed by atoms with Crippen molar-refractivity contribution in [3.8, 4) is 0 Å². The monoisotopic (exact) mass is 109 g/mol. The fraction of sp³-hybridized carbons (Fsp3) is 1.00. The summed E-state index contributed by atoms with van der Waals surface area (Å²) in [4.78, 5) is 2.20. The molecule has 8 heavy (non-hydrogen) atoms. The van der Waals surface area contributed by atoms with E-state index in [0.29, 0.717) is 5.94 Å². The van der Waals surface area contributed by atoms with Crippen LogP contribution < -0.4 is 0 Å². The molecule has 1 fully saturated rings. The maximum absolute atomic E-state index is 5.69. The Morgan fingerprint density at radius 3 is 2.38 bits per heavy atom. The zero-order valence-electron chi connectivity index (χ0n) is 5.59. The Bertz CT molecular complexity index is 74.6. The molecule has 1 aliphatic heterocycles. The molecule has 0 spiro atoms. The fourth-order valence-corrected chi connectivity index (χ4v) is 1.29. The second-order valence-corrected chi connectivity index (χ2v) is 2.85. The molecule has 0 N–H and O–H groups in total. The number of nitrogens with zero attached hydrogens (tertiary/aromatic N) is 1. The second-order valence-electron chi connectivity index (χ2n) is 2.85. The van der Waals surface area contributed by atoms with Crippen LogP contribution in [0.25, 0.3) is 0 Å². The maximum Gasteiger partial charge on any atom is 0.0910 e. The van der Waals surface area contributed by atoms with Crippen LogP contribution in [0.3, 0.4) is 0 Å². The highest BCUT2D eigenvalue weighted by Gasteiger charge is 2.21. The van der Waals surface area contributed by atoms with Gasteiger partial charge in [0.1, 0.15) is 0 Å². The topological polar surface area (TPSA) is 3.24 Å². The molecule has 2 radical (unpaired) electrons. The van der Waals surface area contributed by atoms with Crippen LogP contribution in [0.5, 0.6) is 0 Å². The van der Waals surface area contributed by atoms with Crippen LogP contribution in [0.1, 0.15) is 13.3 Å². The first-order valence-corrected chi connectivity index (χ1v) is 3.16. The summed E-state index contributed by atoms with van der Waals surface area (Å²) in [6.45, 7) is 3.41. The summed E-state index contributed by atoms with van der Waals surface area (Å²) < 4.78 is 0. The van der Waals surface area contributed by atoms with E-state index in [1.807, 2.05) is 0 Å². The smallest absolute Gasteiger partial charge is 0.0910 e. The van der Waals surface area contributed by atoms with Gasteiger partial charge in [0.05, 0.1) is 7.85 Å². The van der Waals surface area contributed by atoms with E-state index in [-0.39, 0.29) is 0 Å². The van der Waals surface area contributed by atoms with Crippen LogP contribution >= 0.6 is 0 Å². The van der Waals surface area contributed by atoms with Crippen LogP contribution in [0.2, 0.25) is 0 Å². The van der Waals surface area contributed by atoms with Gasteiger partial charge in [-0.15, -0.1) is 0 Å². The van der Waals surface area contributed by atoms with E-state index in [2.05, 4.69) is 18.9 Å². The van der Waals surface area contributed by atoms with Gasteiger partial charge in [-0.3, -0.25) is 0 Å². The minimum absolute atomic E-state index is 0.324. The van der Waals surface area contributed by atoms with Crippen molar-refractivity contribution >= 4 is 7.85 Å². The number of rotatable bonds is 0. The lowest BCUT2D eigenvalue weighted by atomic mass is 9.92. The Morgan fingerprint density at radius 1 is 1.62 bits per heavy atom. The SMILES string of the molecule is [B]C1CC(C)CN1C. The number of hydrogen-bond donors (Lipinski definition) is 0. The van der Waals surface area contributed by atoms with Crippen molar-refractivity contribution in [2.75, 3.05) is 13.6 Å². The summed E-state index contributed by atoms with van der Waals surface area (Å²) in [5.41, 5.74) is 0. The van der Waals surface area contributed by atoms with Crippen molar-refractivity contribution in [2.24, 2.45) is 5.92 Å². The van der Waals surface area contributed by atoms with E-state index >= 15 is 0 Å². The van der Waals surface area contributed by atoms with Crippen molar-refractivity contribution < 1.29 is 0 Å². The van der Waals surface area contributed by atoms with E-state index in [4.69, 9.17) is 7.85 Å². The first-order valence-electron chi connectivity index (χ1n) is 3.16. The van der Waals surface area contributed by atoms with Gasteiger partial charge in [0.15, 0.2) is 0 Å². The molecule has 44 valence electrons. The molecule has 0 saturated carbocycles. The largest absolute Gasteiger partial charge is 0.312 e. The maximum atomic E-state index is 5.69. The van der Waals surface area contributed by atoms with Crippen LogP contribution in [0.15, 0.2) is 0 Å². The van der Waals surface area contributed by atoms with Gasteiger partial charge in [-0.2, -0.15) is 0 Å². The van der Waals surface area contributed by atoms with Crippen LogP contribution in [0, 0.1) is 5.92 Å². The minimum atomic E-state index is 0.324. The molecular weight excluding hydrogens is 96.9 g/mol. The molecule has 0 aromatic carbocycles. The Balaban J connectivity index is 2.39. The molecule has 0 aliphatic carbocycles. The molecule has 0 aromatic heterocycles. The summed E-state index contributed by atoms with van der Waals surface area (Å²) in [5, 5.41) is 0. The average molecular weight is 109 g/mol. The Hall–Kier alpha value is 0.0249. The fourth-order valence-electron chi connectivity index (χ4n) is 1.29. The molecule has 1 nitrogen and oxygen atoms in total. The Labute approximate surface area is 52.5 Å². The summed E-state index contributed by atoms with van der Waals surface area (Å²) in [7, 11) is 7.77. The third kappa shape index (κ3) is 1.05. The highest BCUT2D eigenvalue weighted by Crippen LogP contribution is 2.17. The highest BCUT2D eigenvalue weighted by molar-refractivity contribution is 6.11. The lowest BCUT2D eigenvalue weighted by Crippen LogP contribution is -2.24. The first kappa shape index (κ1) is 6.15. The molecule has 1 saturated heterocycles. The van der Waals surface area contributed by atoms with Crippen LogP contribution in [-0.4, -0.2) is 32.3 Å². The van der Waals surface area contributed by atoms with E-state index in [1.165, 1.54) is 6.54 Å². The molecule has 1 heterocycles. The average Bonchev–Trinajstić information content (AvgIpc) is 1.85. The van der Waals surface area contributed by atoms with E-state index in [9.17, 15) is 0 Å². The molecule has 1 rings (SSSR count). The molecule has 2 atom stereocenters. The van der Waals surface area contributed by atoms with Crippen molar-refractivity contribution in [1.82, 2.24) is 4.90 Å². The van der Waals surface area contributed by atoms with Gasteiger partial charge < -0.3 is 4.90 Å². The molecule has 2 unspecified atom stereocenters. The Morgan fingerprint density at radius 2 is 2.25 bits per heavy atom. The standard InChI is InChI=1S/C6H12BN/c1-5-3-6(7)8(2)4-5/h5-6H,3-4H2,1-2H3. The van der Waals surface area contributed by atoms with Crippen molar-refractivity contribution in [1.29, 1.82) is 0 Å². The predicted octanol–water partition coefficient (Wildman–Crippen LogP) is 0.453. The third-order valence-electron chi connectivity index (χ3n) is 1.81. The van der Waals surface area contributed by atoms with Gasteiger partial charge in [0.25, 0.3) is 0 Å². The van der Waals surface area contributed by atoms with E-state index in [1.54, 1.807) is 0 Å². The van der Waals surface area contributed by atoms with Crippen LogP contribution in [-0.2, 0) is 0 Å². The summed E-state index contributed by atoms with van der Waals surface area (Å²) >= 11 is 0. The summed E-state index contributed by atoms with van der Waals surface area (Å²) in [6, 6.07) is 0. The minimum Gasteiger partial charge on any atom is -0.312 e. The summed E-state index contributed by atoms with van der Waals surface area (Å²) in [6.07, 6.45) is 1.16. The molecule has 0 aromatic rings. The predicted molar refractivity (Wildman–Crippen MR) is 36.0 cm³/mol. The van der Waals surface area contributed by atoms with Crippen LogP contribution in [0.4, 0.5) is 0 Å².